The van der Waals surface area contributed by atoms with E-state index < -0.39 is 18.0 Å². The third-order valence-electron chi connectivity index (χ3n) is 5.30. The lowest BCUT2D eigenvalue weighted by molar-refractivity contribution is -0.274. The number of ether oxygens (including phenoxy) is 1. The highest BCUT2D eigenvalue weighted by Gasteiger charge is 2.31. The fourth-order valence-electron chi connectivity index (χ4n) is 3.87. The number of nitrogens with zero attached hydrogens (tertiary/aromatic N) is 1. The van der Waals surface area contributed by atoms with Crippen LogP contribution < -0.4 is 4.74 Å². The van der Waals surface area contributed by atoms with Gasteiger partial charge in [-0.2, -0.15) is 0 Å². The quantitative estimate of drug-likeness (QED) is 0.520. The lowest BCUT2D eigenvalue weighted by Gasteiger charge is -2.20. The third kappa shape index (κ3) is 4.45. The van der Waals surface area contributed by atoms with E-state index >= 15 is 0 Å². The molecule has 1 unspecified atom stereocenters. The molecule has 0 saturated heterocycles. The van der Waals surface area contributed by atoms with Crippen LogP contribution in [-0.2, 0) is 0 Å². The van der Waals surface area contributed by atoms with Crippen LogP contribution in [0.5, 0.6) is 5.75 Å². The standard InChI is InChI=1S/C23H18F5NO/c24-18-2-1-3-19(25)22(18)21-13-12-20(29-21)16-6-4-14(5-7-16)15-8-10-17(11-9-15)30-23(26,27)28/h1-6,8-11,16,20H,7,12-13H2/t16?,20-/m1/s1. The second kappa shape index (κ2) is 8.05. The van der Waals surface area contributed by atoms with Gasteiger partial charge in [0.2, 0.25) is 0 Å². The molecule has 2 aromatic rings. The van der Waals surface area contributed by atoms with E-state index in [9.17, 15) is 22.0 Å². The lowest BCUT2D eigenvalue weighted by Crippen LogP contribution is -2.17. The summed E-state index contributed by atoms with van der Waals surface area (Å²) in [7, 11) is 0. The largest absolute Gasteiger partial charge is 0.573 e. The van der Waals surface area contributed by atoms with Crippen molar-refractivity contribution in [3.8, 4) is 5.75 Å². The number of halogens is 5. The van der Waals surface area contributed by atoms with Crippen molar-refractivity contribution in [1.29, 1.82) is 0 Å². The molecular weight excluding hydrogens is 401 g/mol. The lowest BCUT2D eigenvalue weighted by atomic mass is 9.87. The maximum atomic E-state index is 14.0. The Labute approximate surface area is 170 Å². The van der Waals surface area contributed by atoms with Gasteiger partial charge in [0.15, 0.2) is 0 Å². The van der Waals surface area contributed by atoms with Gasteiger partial charge >= 0.3 is 6.36 Å². The van der Waals surface area contributed by atoms with Crippen molar-refractivity contribution < 1.29 is 26.7 Å². The Morgan fingerprint density at radius 1 is 0.967 bits per heavy atom. The molecule has 1 aliphatic carbocycles. The Bertz CT molecular complexity index is 1000. The molecule has 1 heterocycles. The van der Waals surface area contributed by atoms with E-state index in [-0.39, 0.29) is 23.3 Å². The molecule has 1 aliphatic heterocycles. The normalized spacial score (nSPS) is 21.4. The smallest absolute Gasteiger partial charge is 0.406 e. The number of aliphatic imine (C=N–C) groups is 1. The summed E-state index contributed by atoms with van der Waals surface area (Å²) in [6.45, 7) is 0. The molecule has 0 saturated carbocycles. The summed E-state index contributed by atoms with van der Waals surface area (Å²) in [5.74, 6) is -1.37. The van der Waals surface area contributed by atoms with Crippen LogP contribution in [0.3, 0.4) is 0 Å². The summed E-state index contributed by atoms with van der Waals surface area (Å²) in [6.07, 6.45) is 3.12. The van der Waals surface area contributed by atoms with Crippen molar-refractivity contribution in [2.75, 3.05) is 0 Å². The highest BCUT2D eigenvalue weighted by atomic mass is 19.4. The summed E-state index contributed by atoms with van der Waals surface area (Å²) >= 11 is 0. The highest BCUT2D eigenvalue weighted by Crippen LogP contribution is 2.33. The monoisotopic (exact) mass is 419 g/mol. The maximum absolute atomic E-state index is 14.0. The first-order chi connectivity index (χ1) is 14.3. The zero-order valence-electron chi connectivity index (χ0n) is 15.8. The molecule has 0 N–H and O–H groups in total. The van der Waals surface area contributed by atoms with Gasteiger partial charge in [-0.05, 0) is 54.7 Å². The SMILES string of the molecule is Fc1cccc(F)c1C1=N[C@@H](C2C=CC(c3ccc(OC(F)(F)F)cc3)=CC2)CC1. The van der Waals surface area contributed by atoms with Crippen LogP contribution in [-0.4, -0.2) is 18.1 Å². The van der Waals surface area contributed by atoms with Crippen molar-refractivity contribution in [1.82, 2.24) is 0 Å². The van der Waals surface area contributed by atoms with E-state index in [1.54, 1.807) is 12.1 Å². The molecular formula is C23H18F5NO. The van der Waals surface area contributed by atoms with Gasteiger partial charge in [-0.25, -0.2) is 8.78 Å². The van der Waals surface area contributed by atoms with Crippen LogP contribution in [0.1, 0.15) is 30.4 Å². The van der Waals surface area contributed by atoms with Gasteiger partial charge in [-0.15, -0.1) is 13.2 Å². The van der Waals surface area contributed by atoms with Crippen LogP contribution >= 0.6 is 0 Å². The zero-order valence-corrected chi connectivity index (χ0v) is 15.8. The van der Waals surface area contributed by atoms with Gasteiger partial charge in [0.05, 0.1) is 11.6 Å². The molecule has 4 rings (SSSR count). The molecule has 2 atom stereocenters. The fourth-order valence-corrected chi connectivity index (χ4v) is 3.87. The molecule has 2 aliphatic rings. The zero-order chi connectivity index (χ0) is 21.3. The summed E-state index contributed by atoms with van der Waals surface area (Å²) in [6, 6.07) is 9.44. The Morgan fingerprint density at radius 2 is 1.67 bits per heavy atom. The molecule has 30 heavy (non-hydrogen) atoms. The van der Waals surface area contributed by atoms with Crippen molar-refractivity contribution in [3.63, 3.8) is 0 Å². The second-order valence-corrected chi connectivity index (χ2v) is 7.27. The number of hydrogen-bond acceptors (Lipinski definition) is 2. The molecule has 7 heteroatoms. The van der Waals surface area contributed by atoms with E-state index in [1.165, 1.54) is 30.3 Å². The Hall–Kier alpha value is -2.96. The molecule has 0 spiro atoms. The summed E-state index contributed by atoms with van der Waals surface area (Å²) in [4.78, 5) is 4.58. The number of hydrogen-bond donors (Lipinski definition) is 0. The first-order valence-corrected chi connectivity index (χ1v) is 9.56. The van der Waals surface area contributed by atoms with Gasteiger partial charge in [-0.3, -0.25) is 4.99 Å². The molecule has 2 nitrogen and oxygen atoms in total. The van der Waals surface area contributed by atoms with Crippen LogP contribution in [0.2, 0.25) is 0 Å². The van der Waals surface area contributed by atoms with Crippen molar-refractivity contribution in [2.24, 2.45) is 10.9 Å². The van der Waals surface area contributed by atoms with Gasteiger partial charge in [0.25, 0.3) is 0 Å². The predicted octanol–water partition coefficient (Wildman–Crippen LogP) is 6.47. The van der Waals surface area contributed by atoms with Gasteiger partial charge in [0, 0.05) is 11.6 Å². The minimum absolute atomic E-state index is 0.0443. The van der Waals surface area contributed by atoms with Crippen LogP contribution in [0, 0.1) is 17.6 Å². The summed E-state index contributed by atoms with van der Waals surface area (Å²) < 4.78 is 68.7. The maximum Gasteiger partial charge on any atom is 0.573 e. The van der Waals surface area contributed by atoms with E-state index in [0.29, 0.717) is 25.0 Å². The fraction of sp³-hybridized carbons (Fsp3) is 0.261. The molecule has 0 radical (unpaired) electrons. The van der Waals surface area contributed by atoms with Crippen molar-refractivity contribution in [3.05, 3.63) is 83.5 Å². The van der Waals surface area contributed by atoms with E-state index in [1.807, 2.05) is 18.2 Å². The minimum atomic E-state index is -4.72. The average molecular weight is 419 g/mol. The van der Waals surface area contributed by atoms with Crippen molar-refractivity contribution >= 4 is 11.3 Å². The predicted molar refractivity (Wildman–Crippen MR) is 104 cm³/mol. The third-order valence-corrected chi connectivity index (χ3v) is 5.30. The topological polar surface area (TPSA) is 21.6 Å². The number of benzene rings is 2. The number of allylic oxidation sites excluding steroid dienone is 3. The molecule has 2 aromatic carbocycles. The van der Waals surface area contributed by atoms with Crippen LogP contribution in [0.15, 0.2) is 65.7 Å². The summed E-state index contributed by atoms with van der Waals surface area (Å²) in [5.41, 5.74) is 2.09. The Kier molecular flexibility index (Phi) is 5.45. The molecule has 0 aromatic heterocycles. The summed E-state index contributed by atoms with van der Waals surface area (Å²) in [5, 5.41) is 0. The van der Waals surface area contributed by atoms with Gasteiger partial charge < -0.3 is 4.74 Å². The van der Waals surface area contributed by atoms with Crippen molar-refractivity contribution in [2.45, 2.75) is 31.7 Å². The first kappa shape index (κ1) is 20.3. The number of rotatable bonds is 4. The average Bonchev–Trinajstić information content (AvgIpc) is 3.17. The van der Waals surface area contributed by atoms with Crippen LogP contribution in [0.4, 0.5) is 22.0 Å². The molecule has 0 amide bonds. The van der Waals surface area contributed by atoms with E-state index in [2.05, 4.69) is 9.73 Å². The van der Waals surface area contributed by atoms with Gasteiger partial charge in [-0.1, -0.05) is 36.4 Å². The molecule has 0 bridgehead atoms. The Balaban J connectivity index is 1.43. The Morgan fingerprint density at radius 3 is 2.27 bits per heavy atom. The minimum Gasteiger partial charge on any atom is -0.406 e. The highest BCUT2D eigenvalue weighted by molar-refractivity contribution is 6.02. The second-order valence-electron chi connectivity index (χ2n) is 7.27. The van der Waals surface area contributed by atoms with E-state index in [4.69, 9.17) is 0 Å². The molecule has 0 fully saturated rings. The van der Waals surface area contributed by atoms with E-state index in [0.717, 1.165) is 11.1 Å². The number of alkyl halides is 3. The first-order valence-electron chi connectivity index (χ1n) is 9.56. The van der Waals surface area contributed by atoms with Gasteiger partial charge in [0.1, 0.15) is 17.4 Å². The van der Waals surface area contributed by atoms with Crippen LogP contribution in [0.25, 0.3) is 5.57 Å². The molecule has 156 valence electrons.